The van der Waals surface area contributed by atoms with Crippen LogP contribution in [0.4, 0.5) is 0 Å². The molecule has 0 radical (unpaired) electrons. The molecule has 2 aromatic carbocycles. The highest BCUT2D eigenvalue weighted by Gasteiger charge is 2.18. The second-order valence-electron chi connectivity index (χ2n) is 8.43. The van der Waals surface area contributed by atoms with E-state index in [1.807, 2.05) is 79.8 Å². The number of aryl methyl sites for hydroxylation is 1. The number of ether oxygens (including phenoxy) is 1. The average molecular weight is 477 g/mol. The number of methoxy groups -OCH3 is 1. The van der Waals surface area contributed by atoms with Gasteiger partial charge in [0.2, 0.25) is 5.91 Å². The van der Waals surface area contributed by atoms with Crippen LogP contribution in [0.5, 0.6) is 5.75 Å². The van der Waals surface area contributed by atoms with Crippen LogP contribution in [-0.4, -0.2) is 48.1 Å². The number of nitrogens with zero attached hydrogens (tertiary/aromatic N) is 3. The van der Waals surface area contributed by atoms with Gasteiger partial charge in [-0.3, -0.25) is 14.2 Å². The lowest BCUT2D eigenvalue weighted by Gasteiger charge is -2.25. The summed E-state index contributed by atoms with van der Waals surface area (Å²) < 4.78 is 6.70. The summed E-state index contributed by atoms with van der Waals surface area (Å²) in [6.45, 7) is 2.33. The monoisotopic (exact) mass is 476 g/mol. The molecule has 0 fully saturated rings. The molecule has 4 rings (SSSR count). The van der Waals surface area contributed by atoms with Gasteiger partial charge in [0.15, 0.2) is 0 Å². The van der Waals surface area contributed by atoms with Gasteiger partial charge in [0.1, 0.15) is 17.1 Å². The van der Waals surface area contributed by atoms with Crippen molar-refractivity contribution < 1.29 is 9.53 Å². The molecule has 4 aromatic rings. The van der Waals surface area contributed by atoms with Gasteiger partial charge in [-0.15, -0.1) is 11.3 Å². The molecule has 0 saturated carbocycles. The van der Waals surface area contributed by atoms with E-state index in [1.54, 1.807) is 7.11 Å². The number of nitrogens with one attached hydrogen (secondary N) is 1. The Morgan fingerprint density at radius 3 is 2.68 bits per heavy atom. The molecule has 1 amide bonds. The largest absolute Gasteiger partial charge is 0.497 e. The summed E-state index contributed by atoms with van der Waals surface area (Å²) in [6, 6.07) is 15.8. The molecule has 0 aliphatic heterocycles. The molecule has 0 spiro atoms. The van der Waals surface area contributed by atoms with E-state index in [4.69, 9.17) is 4.74 Å². The fourth-order valence-corrected chi connectivity index (χ4v) is 4.80. The summed E-state index contributed by atoms with van der Waals surface area (Å²) in [6.07, 6.45) is 1.45. The Balaban J connectivity index is 1.52. The first kappa shape index (κ1) is 23.7. The zero-order valence-corrected chi connectivity index (χ0v) is 20.6. The number of aromatic nitrogens is 2. The minimum absolute atomic E-state index is 0.0404. The van der Waals surface area contributed by atoms with Crippen molar-refractivity contribution in [1.29, 1.82) is 0 Å². The van der Waals surface area contributed by atoms with E-state index in [0.29, 0.717) is 16.8 Å². The van der Waals surface area contributed by atoms with E-state index in [0.717, 1.165) is 28.0 Å². The number of benzene rings is 2. The minimum atomic E-state index is -0.245. The maximum atomic E-state index is 13.3. The molecule has 34 heavy (non-hydrogen) atoms. The first-order valence-electron chi connectivity index (χ1n) is 11.0. The molecule has 176 valence electrons. The number of rotatable bonds is 8. The van der Waals surface area contributed by atoms with Crippen molar-refractivity contribution >= 4 is 27.5 Å². The van der Waals surface area contributed by atoms with Crippen LogP contribution < -0.4 is 15.6 Å². The zero-order chi connectivity index (χ0) is 24.2. The van der Waals surface area contributed by atoms with Gasteiger partial charge in [-0.25, -0.2) is 4.98 Å². The third kappa shape index (κ3) is 5.03. The van der Waals surface area contributed by atoms with Gasteiger partial charge >= 0.3 is 0 Å². The summed E-state index contributed by atoms with van der Waals surface area (Å²) in [7, 11) is 5.55. The van der Waals surface area contributed by atoms with Crippen molar-refractivity contribution in [1.82, 2.24) is 19.8 Å². The van der Waals surface area contributed by atoms with Crippen LogP contribution in [0.15, 0.2) is 65.0 Å². The van der Waals surface area contributed by atoms with Gasteiger partial charge in [0.05, 0.1) is 24.9 Å². The molecule has 0 aliphatic rings. The van der Waals surface area contributed by atoms with E-state index >= 15 is 0 Å². The van der Waals surface area contributed by atoms with Crippen molar-refractivity contribution in [3.63, 3.8) is 0 Å². The summed E-state index contributed by atoms with van der Waals surface area (Å²) in [5.41, 5.74) is 3.78. The van der Waals surface area contributed by atoms with Crippen molar-refractivity contribution in [2.75, 3.05) is 27.7 Å². The molecular weight excluding hydrogens is 448 g/mol. The Kier molecular flexibility index (Phi) is 7.09. The van der Waals surface area contributed by atoms with Crippen LogP contribution in [0.3, 0.4) is 0 Å². The fraction of sp³-hybridized carbons (Fsp3) is 0.269. The highest BCUT2D eigenvalue weighted by atomic mass is 32.1. The average Bonchev–Trinajstić information content (AvgIpc) is 3.26. The first-order valence-corrected chi connectivity index (χ1v) is 11.9. The second-order valence-corrected chi connectivity index (χ2v) is 9.29. The molecule has 0 aliphatic carbocycles. The van der Waals surface area contributed by atoms with E-state index < -0.39 is 0 Å². The number of hydrogen-bond donors (Lipinski definition) is 1. The van der Waals surface area contributed by atoms with Crippen LogP contribution in [-0.2, 0) is 11.3 Å². The summed E-state index contributed by atoms with van der Waals surface area (Å²) in [4.78, 5) is 33.2. The van der Waals surface area contributed by atoms with E-state index in [2.05, 4.69) is 10.3 Å². The van der Waals surface area contributed by atoms with Gasteiger partial charge in [-0.1, -0.05) is 42.0 Å². The fourth-order valence-electron chi connectivity index (χ4n) is 3.89. The van der Waals surface area contributed by atoms with Crippen LogP contribution in [0.1, 0.15) is 17.2 Å². The number of hydrogen-bond acceptors (Lipinski definition) is 6. The normalized spacial score (nSPS) is 12.1. The minimum Gasteiger partial charge on any atom is -0.497 e. The van der Waals surface area contributed by atoms with Gasteiger partial charge in [0, 0.05) is 17.5 Å². The smallest absolute Gasteiger partial charge is 0.263 e. The molecule has 0 unspecified atom stereocenters. The third-order valence-electron chi connectivity index (χ3n) is 5.83. The predicted octanol–water partition coefficient (Wildman–Crippen LogP) is 3.86. The van der Waals surface area contributed by atoms with Gasteiger partial charge in [0.25, 0.3) is 5.56 Å². The summed E-state index contributed by atoms with van der Waals surface area (Å²) >= 11 is 1.43. The Labute approximate surface area is 202 Å². The molecule has 7 nitrogen and oxygen atoms in total. The van der Waals surface area contributed by atoms with Gasteiger partial charge in [-0.2, -0.15) is 0 Å². The van der Waals surface area contributed by atoms with E-state index in [-0.39, 0.29) is 24.1 Å². The highest BCUT2D eigenvalue weighted by Crippen LogP contribution is 2.30. The molecule has 1 N–H and O–H groups in total. The third-order valence-corrected chi connectivity index (χ3v) is 6.72. The van der Waals surface area contributed by atoms with Crippen molar-refractivity contribution in [3.05, 3.63) is 81.7 Å². The quantitative estimate of drug-likeness (QED) is 0.418. The number of carbonyl (C=O) groups is 1. The lowest BCUT2D eigenvalue weighted by Crippen LogP contribution is -2.37. The molecule has 0 saturated heterocycles. The van der Waals surface area contributed by atoms with Crippen LogP contribution in [0.2, 0.25) is 0 Å². The maximum absolute atomic E-state index is 13.3. The highest BCUT2D eigenvalue weighted by molar-refractivity contribution is 7.17. The molecule has 2 aromatic heterocycles. The Bertz CT molecular complexity index is 1360. The second kappa shape index (κ2) is 10.2. The van der Waals surface area contributed by atoms with E-state index in [1.165, 1.54) is 22.2 Å². The number of carbonyl (C=O) groups excluding carboxylic acids is 1. The number of amides is 1. The van der Waals surface area contributed by atoms with Crippen LogP contribution >= 0.6 is 11.3 Å². The van der Waals surface area contributed by atoms with Crippen molar-refractivity contribution in [2.45, 2.75) is 19.5 Å². The number of likely N-dealkylation sites (N-methyl/N-ethyl adjacent to an activating group) is 1. The zero-order valence-electron chi connectivity index (χ0n) is 19.7. The topological polar surface area (TPSA) is 76.5 Å². The van der Waals surface area contributed by atoms with Crippen LogP contribution in [0.25, 0.3) is 21.3 Å². The van der Waals surface area contributed by atoms with Crippen molar-refractivity contribution in [3.8, 4) is 16.9 Å². The number of fused-ring (bicyclic) bond motifs is 1. The van der Waals surface area contributed by atoms with Gasteiger partial charge < -0.3 is 15.0 Å². The lowest BCUT2D eigenvalue weighted by molar-refractivity contribution is -0.121. The maximum Gasteiger partial charge on any atom is 0.263 e. The Hall–Kier alpha value is -3.49. The summed E-state index contributed by atoms with van der Waals surface area (Å²) in [5.74, 6) is 0.520. The number of thiophene rings is 1. The molecule has 1 atom stereocenters. The van der Waals surface area contributed by atoms with Crippen LogP contribution in [0, 0.1) is 6.92 Å². The van der Waals surface area contributed by atoms with Gasteiger partial charge in [-0.05, 0) is 44.3 Å². The molecule has 0 bridgehead atoms. The van der Waals surface area contributed by atoms with E-state index in [9.17, 15) is 9.59 Å². The first-order chi connectivity index (χ1) is 16.4. The van der Waals surface area contributed by atoms with Crippen molar-refractivity contribution in [2.24, 2.45) is 0 Å². The lowest BCUT2D eigenvalue weighted by atomic mass is 10.1. The Morgan fingerprint density at radius 1 is 1.21 bits per heavy atom. The molecule has 2 heterocycles. The Morgan fingerprint density at radius 2 is 1.97 bits per heavy atom. The molecule has 8 heteroatoms. The molecular formula is C26H28N4O3S. The predicted molar refractivity (Wildman–Crippen MR) is 136 cm³/mol. The standard InChI is InChI=1S/C26H28N4O3S/c1-17-8-10-18(11-9-17)21-15-34-25-24(21)26(32)30(16-28-25)14-23(31)27-13-22(29(2)3)19-6-5-7-20(12-19)33-4/h5-12,15-16,22H,13-14H2,1-4H3,(H,27,31)/t22-/m1/s1. The summed E-state index contributed by atoms with van der Waals surface area (Å²) in [5, 5.41) is 5.46. The SMILES string of the molecule is COc1cccc([C@@H](CNC(=O)Cn2cnc3scc(-c4ccc(C)cc4)c3c2=O)N(C)C)c1.